The van der Waals surface area contributed by atoms with Gasteiger partial charge >= 0.3 is 12.4 Å². The van der Waals surface area contributed by atoms with Crippen LogP contribution >= 0.6 is 11.6 Å². The topological polar surface area (TPSA) is 12.9 Å². The second kappa shape index (κ2) is 5.22. The Labute approximate surface area is 120 Å². The van der Waals surface area contributed by atoms with E-state index < -0.39 is 28.5 Å². The van der Waals surface area contributed by atoms with Gasteiger partial charge in [0.1, 0.15) is 0 Å². The molecule has 0 aliphatic carbocycles. The van der Waals surface area contributed by atoms with E-state index >= 15 is 0 Å². The lowest BCUT2D eigenvalue weighted by atomic mass is 10.1. The molecule has 8 heteroatoms. The molecule has 0 aliphatic heterocycles. The fraction of sp³-hybridized carbons (Fsp3) is 0.154. The van der Waals surface area contributed by atoms with Crippen LogP contribution in [0, 0.1) is 0 Å². The third-order valence-electron chi connectivity index (χ3n) is 2.68. The van der Waals surface area contributed by atoms with Gasteiger partial charge in [-0.25, -0.2) is 0 Å². The SMILES string of the molecule is FC(F)(F)c1ccc(-c2nccc(C(F)(F)F)c2Cl)cc1. The number of alkyl halides is 6. The van der Waals surface area contributed by atoms with Crippen LogP contribution in [0.3, 0.4) is 0 Å². The minimum Gasteiger partial charge on any atom is -0.255 e. The van der Waals surface area contributed by atoms with Gasteiger partial charge in [0.05, 0.1) is 21.8 Å². The van der Waals surface area contributed by atoms with Gasteiger partial charge in [0.15, 0.2) is 0 Å². The van der Waals surface area contributed by atoms with E-state index in [-0.39, 0.29) is 11.3 Å². The number of nitrogens with zero attached hydrogens (tertiary/aromatic N) is 1. The smallest absolute Gasteiger partial charge is 0.255 e. The standard InChI is InChI=1S/C13H6ClF6N/c14-10-9(13(18,19)20)5-6-21-11(10)7-1-3-8(4-2-7)12(15,16)17/h1-6H. The monoisotopic (exact) mass is 325 g/mol. The van der Waals surface area contributed by atoms with Crippen LogP contribution in [0.15, 0.2) is 36.5 Å². The summed E-state index contributed by atoms with van der Waals surface area (Å²) in [6.07, 6.45) is -8.29. The predicted molar refractivity (Wildman–Crippen MR) is 64.7 cm³/mol. The van der Waals surface area contributed by atoms with Crippen molar-refractivity contribution in [3.63, 3.8) is 0 Å². The summed E-state index contributed by atoms with van der Waals surface area (Å²) < 4.78 is 75.4. The Hall–Kier alpha value is -1.76. The molecule has 0 fully saturated rings. The van der Waals surface area contributed by atoms with Crippen molar-refractivity contribution in [1.29, 1.82) is 0 Å². The van der Waals surface area contributed by atoms with Crippen molar-refractivity contribution in [1.82, 2.24) is 4.98 Å². The molecule has 0 N–H and O–H groups in total. The molecule has 2 rings (SSSR count). The van der Waals surface area contributed by atoms with E-state index in [0.717, 1.165) is 30.5 Å². The van der Waals surface area contributed by atoms with Crippen LogP contribution in [0.4, 0.5) is 26.3 Å². The summed E-state index contributed by atoms with van der Waals surface area (Å²) in [5, 5.41) is -0.648. The first kappa shape index (κ1) is 15.6. The Morgan fingerprint density at radius 3 is 1.86 bits per heavy atom. The van der Waals surface area contributed by atoms with E-state index in [1.807, 2.05) is 0 Å². The second-order valence-corrected chi connectivity index (χ2v) is 4.47. The summed E-state index contributed by atoms with van der Waals surface area (Å²) in [6.45, 7) is 0. The van der Waals surface area contributed by atoms with Gasteiger partial charge in [-0.15, -0.1) is 0 Å². The van der Waals surface area contributed by atoms with E-state index in [2.05, 4.69) is 4.98 Å². The third kappa shape index (κ3) is 3.29. The fourth-order valence-corrected chi connectivity index (χ4v) is 2.01. The number of halogens is 7. The number of pyridine rings is 1. The van der Waals surface area contributed by atoms with Crippen molar-refractivity contribution in [3.8, 4) is 11.3 Å². The molecule has 1 nitrogen and oxygen atoms in total. The lowest BCUT2D eigenvalue weighted by molar-refractivity contribution is -0.138. The fourth-order valence-electron chi connectivity index (χ4n) is 1.68. The van der Waals surface area contributed by atoms with E-state index in [1.54, 1.807) is 0 Å². The number of hydrogen-bond donors (Lipinski definition) is 0. The minimum atomic E-state index is -4.67. The molecule has 0 amide bonds. The molecule has 0 radical (unpaired) electrons. The zero-order chi connectivity index (χ0) is 15.8. The molecule has 1 aromatic carbocycles. The molecule has 1 heterocycles. The number of aromatic nitrogens is 1. The molecule has 0 bridgehead atoms. The Kier molecular flexibility index (Phi) is 3.88. The molecule has 2 aromatic rings. The number of rotatable bonds is 1. The van der Waals surface area contributed by atoms with Gasteiger partial charge in [0.25, 0.3) is 0 Å². The quantitative estimate of drug-likeness (QED) is 0.636. The highest BCUT2D eigenvalue weighted by molar-refractivity contribution is 6.33. The zero-order valence-corrected chi connectivity index (χ0v) is 10.8. The second-order valence-electron chi connectivity index (χ2n) is 4.09. The van der Waals surface area contributed by atoms with Crippen molar-refractivity contribution in [2.45, 2.75) is 12.4 Å². The van der Waals surface area contributed by atoms with E-state index in [1.165, 1.54) is 0 Å². The van der Waals surface area contributed by atoms with Crippen LogP contribution in [-0.4, -0.2) is 4.98 Å². The van der Waals surface area contributed by atoms with Crippen molar-refractivity contribution in [2.24, 2.45) is 0 Å². The molecule has 0 saturated heterocycles. The summed E-state index contributed by atoms with van der Waals surface area (Å²) in [5.74, 6) is 0. The van der Waals surface area contributed by atoms with Crippen LogP contribution < -0.4 is 0 Å². The minimum absolute atomic E-state index is 0.0686. The van der Waals surface area contributed by atoms with Crippen LogP contribution in [0.25, 0.3) is 11.3 Å². The Morgan fingerprint density at radius 1 is 0.810 bits per heavy atom. The van der Waals surface area contributed by atoms with E-state index in [9.17, 15) is 26.3 Å². The number of hydrogen-bond acceptors (Lipinski definition) is 1. The molecule has 1 aromatic heterocycles. The highest BCUT2D eigenvalue weighted by atomic mass is 35.5. The molecular formula is C13H6ClF6N. The predicted octanol–water partition coefficient (Wildman–Crippen LogP) is 5.44. The van der Waals surface area contributed by atoms with Crippen LogP contribution in [-0.2, 0) is 12.4 Å². The molecule has 21 heavy (non-hydrogen) atoms. The highest BCUT2D eigenvalue weighted by Crippen LogP contribution is 2.39. The van der Waals surface area contributed by atoms with Crippen LogP contribution in [0.2, 0.25) is 5.02 Å². The average Bonchev–Trinajstić information content (AvgIpc) is 2.37. The van der Waals surface area contributed by atoms with Gasteiger partial charge in [-0.3, -0.25) is 4.98 Å². The summed E-state index contributed by atoms with van der Waals surface area (Å²) in [7, 11) is 0. The van der Waals surface area contributed by atoms with Gasteiger partial charge in [-0.2, -0.15) is 26.3 Å². The highest BCUT2D eigenvalue weighted by Gasteiger charge is 2.34. The summed E-state index contributed by atoms with van der Waals surface area (Å²) >= 11 is 5.65. The molecule has 0 atom stereocenters. The van der Waals surface area contributed by atoms with Crippen molar-refractivity contribution < 1.29 is 26.3 Å². The number of benzene rings is 1. The van der Waals surface area contributed by atoms with E-state index in [4.69, 9.17) is 11.6 Å². The van der Waals surface area contributed by atoms with Crippen LogP contribution in [0.5, 0.6) is 0 Å². The summed E-state index contributed by atoms with van der Waals surface area (Å²) in [4.78, 5) is 3.70. The molecule has 0 unspecified atom stereocenters. The van der Waals surface area contributed by atoms with Crippen LogP contribution in [0.1, 0.15) is 11.1 Å². The van der Waals surface area contributed by atoms with Crippen molar-refractivity contribution >= 4 is 11.6 Å². The first-order valence-corrected chi connectivity index (χ1v) is 5.88. The average molecular weight is 326 g/mol. The van der Waals surface area contributed by atoms with Gasteiger partial charge in [0, 0.05) is 11.8 Å². The maximum Gasteiger partial charge on any atom is 0.417 e. The Bertz CT molecular complexity index is 645. The van der Waals surface area contributed by atoms with Gasteiger partial charge < -0.3 is 0 Å². The largest absolute Gasteiger partial charge is 0.417 e. The first-order valence-electron chi connectivity index (χ1n) is 5.50. The van der Waals surface area contributed by atoms with Gasteiger partial charge in [-0.05, 0) is 18.2 Å². The zero-order valence-electron chi connectivity index (χ0n) is 10.1. The third-order valence-corrected chi connectivity index (χ3v) is 3.06. The molecule has 0 aliphatic rings. The normalized spacial score (nSPS) is 12.5. The molecular weight excluding hydrogens is 320 g/mol. The maximum atomic E-state index is 12.7. The van der Waals surface area contributed by atoms with E-state index in [0.29, 0.717) is 6.07 Å². The summed E-state index contributed by atoms with van der Waals surface area (Å²) in [5.41, 5.74) is -2.15. The Balaban J connectivity index is 2.48. The first-order chi connectivity index (χ1) is 9.60. The lowest BCUT2D eigenvalue weighted by Crippen LogP contribution is -2.07. The summed E-state index contributed by atoms with van der Waals surface area (Å²) in [6, 6.07) is 4.27. The lowest BCUT2D eigenvalue weighted by Gasteiger charge is -2.12. The maximum absolute atomic E-state index is 12.7. The van der Waals surface area contributed by atoms with Crippen molar-refractivity contribution in [3.05, 3.63) is 52.7 Å². The molecule has 112 valence electrons. The molecule has 0 spiro atoms. The Morgan fingerprint density at radius 2 is 1.38 bits per heavy atom. The van der Waals surface area contributed by atoms with Gasteiger partial charge in [-0.1, -0.05) is 23.7 Å². The van der Waals surface area contributed by atoms with Gasteiger partial charge in [0.2, 0.25) is 0 Å². The van der Waals surface area contributed by atoms with Crippen molar-refractivity contribution in [2.75, 3.05) is 0 Å². The molecule has 0 saturated carbocycles.